The molecule has 1 nitrogen and oxygen atoms in total. The molecule has 0 heterocycles. The molecule has 84 valence electrons. The highest BCUT2D eigenvalue weighted by Gasteiger charge is 2.21. The molecule has 0 spiro atoms. The summed E-state index contributed by atoms with van der Waals surface area (Å²) in [5.74, 6) is 3.39. The number of nitrogens with one attached hydrogen (secondary N) is 1. The molecule has 1 fully saturated rings. The van der Waals surface area contributed by atoms with Crippen LogP contribution in [0.3, 0.4) is 0 Å². The molecule has 0 amide bonds. The second-order valence-electron chi connectivity index (χ2n) is 4.60. The highest BCUT2D eigenvalue weighted by atomic mass is 32.2. The van der Waals surface area contributed by atoms with Crippen LogP contribution in [0, 0.1) is 5.92 Å². The summed E-state index contributed by atoms with van der Waals surface area (Å²) >= 11 is 2.04. The average Bonchev–Trinajstić information content (AvgIpc) is 2.18. The first-order valence-electron chi connectivity index (χ1n) is 6.07. The van der Waals surface area contributed by atoms with Crippen molar-refractivity contribution in [3.05, 3.63) is 0 Å². The van der Waals surface area contributed by atoms with E-state index >= 15 is 0 Å². The van der Waals surface area contributed by atoms with Crippen LogP contribution in [-0.4, -0.2) is 23.6 Å². The van der Waals surface area contributed by atoms with Gasteiger partial charge in [-0.05, 0) is 31.4 Å². The molecule has 0 aromatic rings. The van der Waals surface area contributed by atoms with Crippen molar-refractivity contribution in [3.63, 3.8) is 0 Å². The van der Waals surface area contributed by atoms with E-state index < -0.39 is 0 Å². The summed E-state index contributed by atoms with van der Waals surface area (Å²) in [5, 5.41) is 3.78. The summed E-state index contributed by atoms with van der Waals surface area (Å²) in [7, 11) is 0. The van der Waals surface area contributed by atoms with Gasteiger partial charge in [0.05, 0.1) is 0 Å². The zero-order valence-electron chi connectivity index (χ0n) is 9.88. The van der Waals surface area contributed by atoms with Gasteiger partial charge in [-0.1, -0.05) is 26.7 Å². The third-order valence-corrected chi connectivity index (χ3v) is 4.33. The Hall–Kier alpha value is 0.310. The Labute approximate surface area is 93.4 Å². The summed E-state index contributed by atoms with van der Waals surface area (Å²) in [5.41, 5.74) is 0. The predicted molar refractivity (Wildman–Crippen MR) is 67.0 cm³/mol. The quantitative estimate of drug-likeness (QED) is 0.755. The van der Waals surface area contributed by atoms with Crippen molar-refractivity contribution in [1.29, 1.82) is 0 Å². The highest BCUT2D eigenvalue weighted by molar-refractivity contribution is 7.99. The molecule has 1 aliphatic rings. The van der Waals surface area contributed by atoms with Crippen LogP contribution in [0.2, 0.25) is 0 Å². The van der Waals surface area contributed by atoms with Gasteiger partial charge in [0.1, 0.15) is 0 Å². The molecule has 3 unspecified atom stereocenters. The van der Waals surface area contributed by atoms with Crippen LogP contribution in [0.15, 0.2) is 0 Å². The number of hydrogen-bond donors (Lipinski definition) is 1. The third kappa shape index (κ3) is 4.22. The Morgan fingerprint density at radius 2 is 2.07 bits per heavy atom. The van der Waals surface area contributed by atoms with E-state index in [2.05, 4.69) is 26.1 Å². The van der Waals surface area contributed by atoms with Crippen LogP contribution in [0.1, 0.15) is 46.5 Å². The molecule has 0 radical (unpaired) electrons. The van der Waals surface area contributed by atoms with E-state index in [1.54, 1.807) is 0 Å². The lowest BCUT2D eigenvalue weighted by molar-refractivity contribution is 0.268. The van der Waals surface area contributed by atoms with Crippen LogP contribution >= 0.6 is 11.8 Å². The first kappa shape index (κ1) is 12.4. The minimum atomic E-state index is 0.686. The Bertz CT molecular complexity index is 149. The SMILES string of the molecule is CCSCC(C)NC1CCCCC1C. The Kier molecular flexibility index (Phi) is 5.95. The lowest BCUT2D eigenvalue weighted by Gasteiger charge is -2.32. The summed E-state index contributed by atoms with van der Waals surface area (Å²) in [6, 6.07) is 1.47. The van der Waals surface area contributed by atoms with E-state index in [1.807, 2.05) is 11.8 Å². The molecule has 0 aliphatic heterocycles. The molecular weight excluding hydrogens is 190 g/mol. The highest BCUT2D eigenvalue weighted by Crippen LogP contribution is 2.24. The fourth-order valence-electron chi connectivity index (χ4n) is 2.27. The van der Waals surface area contributed by atoms with E-state index in [1.165, 1.54) is 37.2 Å². The maximum atomic E-state index is 3.78. The smallest absolute Gasteiger partial charge is 0.0132 e. The zero-order chi connectivity index (χ0) is 10.4. The second-order valence-corrected chi connectivity index (χ2v) is 5.91. The van der Waals surface area contributed by atoms with Gasteiger partial charge in [0.25, 0.3) is 0 Å². The van der Waals surface area contributed by atoms with Gasteiger partial charge < -0.3 is 5.32 Å². The third-order valence-electron chi connectivity index (χ3n) is 3.18. The lowest BCUT2D eigenvalue weighted by Crippen LogP contribution is -2.43. The van der Waals surface area contributed by atoms with Crippen LogP contribution < -0.4 is 5.32 Å². The number of rotatable bonds is 5. The standard InChI is InChI=1S/C12H25NS/c1-4-14-9-11(3)13-12-8-6-5-7-10(12)2/h10-13H,4-9H2,1-3H3. The van der Waals surface area contributed by atoms with Crippen LogP contribution in [0.4, 0.5) is 0 Å². The molecule has 0 aromatic heterocycles. The van der Waals surface area contributed by atoms with Gasteiger partial charge in [-0.25, -0.2) is 0 Å². The van der Waals surface area contributed by atoms with E-state index in [0.29, 0.717) is 6.04 Å². The van der Waals surface area contributed by atoms with E-state index in [9.17, 15) is 0 Å². The van der Waals surface area contributed by atoms with Crippen molar-refractivity contribution >= 4 is 11.8 Å². The zero-order valence-corrected chi connectivity index (χ0v) is 10.7. The Morgan fingerprint density at radius 1 is 1.36 bits per heavy atom. The molecule has 1 N–H and O–H groups in total. The summed E-state index contributed by atoms with van der Waals surface area (Å²) < 4.78 is 0. The molecule has 0 aromatic carbocycles. The molecular formula is C12H25NS. The molecule has 14 heavy (non-hydrogen) atoms. The van der Waals surface area contributed by atoms with Crippen molar-refractivity contribution in [3.8, 4) is 0 Å². The topological polar surface area (TPSA) is 12.0 Å². The van der Waals surface area contributed by atoms with Gasteiger partial charge in [-0.2, -0.15) is 11.8 Å². The maximum Gasteiger partial charge on any atom is 0.0132 e. The first-order chi connectivity index (χ1) is 6.74. The van der Waals surface area contributed by atoms with Gasteiger partial charge in [0.2, 0.25) is 0 Å². The van der Waals surface area contributed by atoms with E-state index in [0.717, 1.165) is 12.0 Å². The summed E-state index contributed by atoms with van der Waals surface area (Å²) in [6.07, 6.45) is 5.68. The molecule has 0 bridgehead atoms. The molecule has 2 heteroatoms. The summed E-state index contributed by atoms with van der Waals surface area (Å²) in [4.78, 5) is 0. The lowest BCUT2D eigenvalue weighted by atomic mass is 9.85. The fourth-order valence-corrected chi connectivity index (χ4v) is 2.96. The van der Waals surface area contributed by atoms with Gasteiger partial charge in [-0.3, -0.25) is 0 Å². The van der Waals surface area contributed by atoms with Crippen LogP contribution in [-0.2, 0) is 0 Å². The van der Waals surface area contributed by atoms with Gasteiger partial charge in [-0.15, -0.1) is 0 Å². The van der Waals surface area contributed by atoms with Gasteiger partial charge in [0, 0.05) is 17.8 Å². The van der Waals surface area contributed by atoms with Gasteiger partial charge in [0.15, 0.2) is 0 Å². The van der Waals surface area contributed by atoms with Crippen molar-refractivity contribution in [2.75, 3.05) is 11.5 Å². The Morgan fingerprint density at radius 3 is 2.71 bits per heavy atom. The summed E-state index contributed by atoms with van der Waals surface area (Å²) in [6.45, 7) is 6.96. The van der Waals surface area contributed by atoms with Crippen molar-refractivity contribution in [1.82, 2.24) is 5.32 Å². The monoisotopic (exact) mass is 215 g/mol. The number of hydrogen-bond acceptors (Lipinski definition) is 2. The van der Waals surface area contributed by atoms with E-state index in [-0.39, 0.29) is 0 Å². The van der Waals surface area contributed by atoms with Crippen molar-refractivity contribution in [2.24, 2.45) is 5.92 Å². The van der Waals surface area contributed by atoms with Crippen LogP contribution in [0.25, 0.3) is 0 Å². The maximum absolute atomic E-state index is 3.78. The van der Waals surface area contributed by atoms with Gasteiger partial charge >= 0.3 is 0 Å². The van der Waals surface area contributed by atoms with Crippen molar-refractivity contribution < 1.29 is 0 Å². The van der Waals surface area contributed by atoms with E-state index in [4.69, 9.17) is 0 Å². The molecule has 3 atom stereocenters. The minimum absolute atomic E-state index is 0.686. The van der Waals surface area contributed by atoms with Crippen molar-refractivity contribution in [2.45, 2.75) is 58.5 Å². The molecule has 1 aliphatic carbocycles. The molecule has 0 saturated heterocycles. The average molecular weight is 215 g/mol. The molecule has 1 rings (SSSR count). The fraction of sp³-hybridized carbons (Fsp3) is 1.00. The Balaban J connectivity index is 2.20. The number of thioether (sulfide) groups is 1. The normalized spacial score (nSPS) is 30.2. The largest absolute Gasteiger partial charge is 0.310 e. The second kappa shape index (κ2) is 6.73. The first-order valence-corrected chi connectivity index (χ1v) is 7.23. The predicted octanol–water partition coefficient (Wildman–Crippen LogP) is 3.30. The minimum Gasteiger partial charge on any atom is -0.310 e. The molecule has 1 saturated carbocycles. The van der Waals surface area contributed by atoms with Crippen LogP contribution in [0.5, 0.6) is 0 Å².